The second-order valence-corrected chi connectivity index (χ2v) is 6.50. The molecule has 0 aromatic heterocycles. The van der Waals surface area contributed by atoms with Gasteiger partial charge in [0.1, 0.15) is 11.9 Å². The van der Waals surface area contributed by atoms with Crippen molar-refractivity contribution in [2.75, 3.05) is 6.61 Å². The molecular formula is C22H22O2. The fourth-order valence-corrected chi connectivity index (χ4v) is 3.58. The van der Waals surface area contributed by atoms with Crippen LogP contribution < -0.4 is 4.74 Å². The molecule has 0 spiro atoms. The van der Waals surface area contributed by atoms with Gasteiger partial charge in [0, 0.05) is 18.4 Å². The summed E-state index contributed by atoms with van der Waals surface area (Å²) in [6.45, 7) is 0.280. The van der Waals surface area contributed by atoms with E-state index in [9.17, 15) is 0 Å². The van der Waals surface area contributed by atoms with Gasteiger partial charge in [-0.1, -0.05) is 54.6 Å². The molecular weight excluding hydrogens is 296 g/mol. The van der Waals surface area contributed by atoms with Crippen LogP contribution >= 0.6 is 0 Å². The Kier molecular flexibility index (Phi) is 4.22. The summed E-state index contributed by atoms with van der Waals surface area (Å²) in [4.78, 5) is 0. The van der Waals surface area contributed by atoms with E-state index in [2.05, 4.69) is 60.7 Å². The molecule has 3 aromatic carbocycles. The molecule has 0 saturated carbocycles. The molecule has 1 unspecified atom stereocenters. The Morgan fingerprint density at radius 3 is 2.67 bits per heavy atom. The highest BCUT2D eigenvalue weighted by Crippen LogP contribution is 2.36. The molecule has 0 radical (unpaired) electrons. The largest absolute Gasteiger partial charge is 0.485 e. The number of hydrogen-bond acceptors (Lipinski definition) is 2. The summed E-state index contributed by atoms with van der Waals surface area (Å²) in [6.07, 6.45) is 4.02. The van der Waals surface area contributed by atoms with E-state index in [0.717, 1.165) is 31.4 Å². The predicted octanol–water partition coefficient (Wildman–Crippen LogP) is 4.83. The number of aryl methyl sites for hydroxylation is 1. The first-order chi connectivity index (χ1) is 11.8. The number of aliphatic hydroxyl groups is 1. The molecule has 3 aromatic rings. The fourth-order valence-electron chi connectivity index (χ4n) is 3.58. The van der Waals surface area contributed by atoms with E-state index in [1.54, 1.807) is 0 Å². The maximum absolute atomic E-state index is 8.95. The van der Waals surface area contributed by atoms with Crippen LogP contribution in [-0.4, -0.2) is 11.7 Å². The van der Waals surface area contributed by atoms with Crippen molar-refractivity contribution in [3.8, 4) is 5.75 Å². The highest BCUT2D eigenvalue weighted by Gasteiger charge is 2.23. The summed E-state index contributed by atoms with van der Waals surface area (Å²) in [5, 5.41) is 11.3. The molecule has 1 atom stereocenters. The quantitative estimate of drug-likeness (QED) is 0.660. The summed E-state index contributed by atoms with van der Waals surface area (Å²) in [5.41, 5.74) is 4.06. The van der Waals surface area contributed by atoms with Crippen molar-refractivity contribution < 1.29 is 9.84 Å². The Balaban J connectivity index is 1.56. The molecule has 0 aliphatic heterocycles. The summed E-state index contributed by atoms with van der Waals surface area (Å²) < 4.78 is 6.38. The van der Waals surface area contributed by atoms with E-state index in [1.807, 2.05) is 0 Å². The minimum atomic E-state index is 0.109. The van der Waals surface area contributed by atoms with Crippen LogP contribution in [0.1, 0.15) is 35.6 Å². The van der Waals surface area contributed by atoms with Gasteiger partial charge in [-0.25, -0.2) is 0 Å². The smallest absolute Gasteiger partial charge is 0.128 e. The Hall–Kier alpha value is -2.32. The van der Waals surface area contributed by atoms with Crippen molar-refractivity contribution in [2.24, 2.45) is 0 Å². The molecule has 2 nitrogen and oxygen atoms in total. The van der Waals surface area contributed by atoms with E-state index < -0.39 is 0 Å². The summed E-state index contributed by atoms with van der Waals surface area (Å²) >= 11 is 0. The number of aliphatic hydroxyl groups excluding tert-OH is 1. The molecule has 2 aliphatic rings. The van der Waals surface area contributed by atoms with Crippen LogP contribution in [0.2, 0.25) is 0 Å². The van der Waals surface area contributed by atoms with E-state index in [0.29, 0.717) is 0 Å². The zero-order chi connectivity index (χ0) is 16.4. The molecule has 2 aliphatic carbocycles. The van der Waals surface area contributed by atoms with Crippen LogP contribution in [-0.2, 0) is 12.8 Å². The minimum absolute atomic E-state index is 0.109. The topological polar surface area (TPSA) is 29.5 Å². The molecule has 2 heteroatoms. The zero-order valence-corrected chi connectivity index (χ0v) is 13.7. The lowest BCUT2D eigenvalue weighted by atomic mass is 9.86. The predicted molar refractivity (Wildman–Crippen MR) is 97.5 cm³/mol. The van der Waals surface area contributed by atoms with Crippen LogP contribution in [0.15, 0.2) is 60.7 Å². The Bertz CT molecular complexity index is 848. The normalized spacial score (nSPS) is 15.8. The minimum Gasteiger partial charge on any atom is -0.485 e. The van der Waals surface area contributed by atoms with Crippen molar-refractivity contribution in [2.45, 2.75) is 31.8 Å². The Labute approximate surface area is 142 Å². The van der Waals surface area contributed by atoms with Crippen LogP contribution in [0.4, 0.5) is 0 Å². The standard InChI is InChI=1S/C22H22O2/c23-13-4-3-7-17-14-19-12-11-18(17)15-22(19)24-21-10-5-8-16-6-1-2-9-20(16)21/h1-2,5-6,8-12,14,22-23H,3-4,7,13,15H2. The van der Waals surface area contributed by atoms with Crippen molar-refractivity contribution in [1.82, 2.24) is 0 Å². The second-order valence-electron chi connectivity index (χ2n) is 6.50. The van der Waals surface area contributed by atoms with Gasteiger partial charge in [0.2, 0.25) is 0 Å². The van der Waals surface area contributed by atoms with Gasteiger partial charge in [-0.2, -0.15) is 0 Å². The molecule has 0 saturated heterocycles. The van der Waals surface area contributed by atoms with Crippen molar-refractivity contribution in [3.05, 3.63) is 77.4 Å². The van der Waals surface area contributed by atoms with Crippen molar-refractivity contribution >= 4 is 10.8 Å². The summed E-state index contributed by atoms with van der Waals surface area (Å²) in [7, 11) is 0. The Morgan fingerprint density at radius 2 is 1.83 bits per heavy atom. The second kappa shape index (κ2) is 6.66. The third-order valence-corrected chi connectivity index (χ3v) is 4.88. The van der Waals surface area contributed by atoms with Crippen LogP contribution in [0.25, 0.3) is 10.8 Å². The van der Waals surface area contributed by atoms with E-state index in [1.165, 1.54) is 27.5 Å². The Morgan fingerprint density at radius 1 is 0.958 bits per heavy atom. The van der Waals surface area contributed by atoms with Gasteiger partial charge >= 0.3 is 0 Å². The molecule has 1 N–H and O–H groups in total. The van der Waals surface area contributed by atoms with Crippen LogP contribution in [0.3, 0.4) is 0 Å². The van der Waals surface area contributed by atoms with Gasteiger partial charge in [0.15, 0.2) is 0 Å². The maximum Gasteiger partial charge on any atom is 0.128 e. The van der Waals surface area contributed by atoms with Crippen LogP contribution in [0, 0.1) is 0 Å². The van der Waals surface area contributed by atoms with E-state index >= 15 is 0 Å². The summed E-state index contributed by atoms with van der Waals surface area (Å²) in [5.74, 6) is 0.961. The van der Waals surface area contributed by atoms with Gasteiger partial charge in [0.05, 0.1) is 0 Å². The number of fused-ring (bicyclic) bond motifs is 4. The monoisotopic (exact) mass is 318 g/mol. The lowest BCUT2D eigenvalue weighted by Gasteiger charge is -2.28. The number of benzene rings is 3. The molecule has 2 bridgehead atoms. The number of ether oxygens (including phenoxy) is 1. The lowest BCUT2D eigenvalue weighted by molar-refractivity contribution is 0.204. The zero-order valence-electron chi connectivity index (χ0n) is 13.7. The van der Waals surface area contributed by atoms with Gasteiger partial charge < -0.3 is 9.84 Å². The lowest BCUT2D eigenvalue weighted by Crippen LogP contribution is -2.18. The first kappa shape index (κ1) is 15.2. The molecule has 0 amide bonds. The fraction of sp³-hybridized carbons (Fsp3) is 0.273. The van der Waals surface area contributed by atoms with Gasteiger partial charge in [-0.15, -0.1) is 0 Å². The van der Waals surface area contributed by atoms with Gasteiger partial charge in [-0.3, -0.25) is 0 Å². The number of rotatable bonds is 6. The third kappa shape index (κ3) is 2.90. The highest BCUT2D eigenvalue weighted by atomic mass is 16.5. The van der Waals surface area contributed by atoms with Gasteiger partial charge in [0.25, 0.3) is 0 Å². The first-order valence-corrected chi connectivity index (χ1v) is 8.72. The third-order valence-electron chi connectivity index (χ3n) is 4.88. The number of unbranched alkanes of at least 4 members (excludes halogenated alkanes) is 1. The molecule has 24 heavy (non-hydrogen) atoms. The number of hydrogen-bond donors (Lipinski definition) is 1. The average Bonchev–Trinajstić information content (AvgIpc) is 2.63. The maximum atomic E-state index is 8.95. The van der Waals surface area contributed by atoms with Crippen molar-refractivity contribution in [3.63, 3.8) is 0 Å². The first-order valence-electron chi connectivity index (χ1n) is 8.72. The van der Waals surface area contributed by atoms with Crippen LogP contribution in [0.5, 0.6) is 5.75 Å². The van der Waals surface area contributed by atoms with E-state index in [4.69, 9.17) is 9.84 Å². The highest BCUT2D eigenvalue weighted by molar-refractivity contribution is 5.88. The van der Waals surface area contributed by atoms with E-state index in [-0.39, 0.29) is 12.7 Å². The summed E-state index contributed by atoms with van der Waals surface area (Å²) in [6, 6.07) is 21.3. The average molecular weight is 318 g/mol. The van der Waals surface area contributed by atoms with Crippen molar-refractivity contribution in [1.29, 1.82) is 0 Å². The molecule has 5 rings (SSSR count). The molecule has 122 valence electrons. The van der Waals surface area contributed by atoms with Gasteiger partial charge in [-0.05, 0) is 47.4 Å². The SMILES string of the molecule is OCCCCc1cc2ccc1CC2Oc1cccc2ccccc12. The molecule has 0 heterocycles. The molecule has 0 fully saturated rings.